The molecular formula is C10H10Cl3NO. The monoisotopic (exact) mass is 265 g/mol. The van der Waals surface area contributed by atoms with Crippen LogP contribution in [0, 0.1) is 13.8 Å². The highest BCUT2D eigenvalue weighted by Crippen LogP contribution is 2.28. The van der Waals surface area contributed by atoms with Crippen LogP contribution in [0.3, 0.4) is 0 Å². The van der Waals surface area contributed by atoms with E-state index in [1.807, 2.05) is 32.0 Å². The number of halogens is 3. The third-order valence-corrected chi connectivity index (χ3v) is 2.41. The van der Waals surface area contributed by atoms with Gasteiger partial charge < -0.3 is 5.32 Å². The number of alkyl halides is 3. The number of aryl methyl sites for hydroxylation is 2. The van der Waals surface area contributed by atoms with Gasteiger partial charge in [-0.15, -0.1) is 0 Å². The van der Waals surface area contributed by atoms with E-state index in [2.05, 4.69) is 5.32 Å². The molecule has 0 heterocycles. The van der Waals surface area contributed by atoms with Crippen LogP contribution in [0.4, 0.5) is 5.69 Å². The first-order chi connectivity index (χ1) is 6.80. The standard InChI is InChI=1S/C10H10Cl3NO/c1-6-3-4-7(2)8(5-6)14-9(15)10(11,12)13/h3-5H,1-2H3,(H,14,15). The van der Waals surface area contributed by atoms with E-state index in [0.717, 1.165) is 11.1 Å². The molecule has 1 amide bonds. The lowest BCUT2D eigenvalue weighted by Crippen LogP contribution is -2.27. The second kappa shape index (κ2) is 4.60. The van der Waals surface area contributed by atoms with Crippen LogP contribution in [0.25, 0.3) is 0 Å². The van der Waals surface area contributed by atoms with Gasteiger partial charge in [0.2, 0.25) is 0 Å². The maximum absolute atomic E-state index is 11.4. The number of hydrogen-bond donors (Lipinski definition) is 1. The third-order valence-electron chi connectivity index (χ3n) is 1.90. The van der Waals surface area contributed by atoms with Crippen molar-refractivity contribution in [2.45, 2.75) is 17.6 Å². The van der Waals surface area contributed by atoms with Crippen molar-refractivity contribution in [3.8, 4) is 0 Å². The van der Waals surface area contributed by atoms with Gasteiger partial charge >= 0.3 is 0 Å². The Morgan fingerprint density at radius 2 is 1.87 bits per heavy atom. The van der Waals surface area contributed by atoms with Crippen molar-refractivity contribution in [1.29, 1.82) is 0 Å². The number of benzene rings is 1. The van der Waals surface area contributed by atoms with E-state index < -0.39 is 9.70 Å². The Morgan fingerprint density at radius 3 is 2.40 bits per heavy atom. The van der Waals surface area contributed by atoms with Crippen molar-refractivity contribution in [1.82, 2.24) is 0 Å². The van der Waals surface area contributed by atoms with Crippen LogP contribution in [0.2, 0.25) is 0 Å². The van der Waals surface area contributed by atoms with E-state index in [9.17, 15) is 4.79 Å². The molecule has 0 bridgehead atoms. The number of hydrogen-bond acceptors (Lipinski definition) is 1. The van der Waals surface area contributed by atoms with Crippen LogP contribution in [0.5, 0.6) is 0 Å². The van der Waals surface area contributed by atoms with Gasteiger partial charge in [0.15, 0.2) is 0 Å². The lowest BCUT2D eigenvalue weighted by atomic mass is 10.1. The quantitative estimate of drug-likeness (QED) is 0.773. The molecule has 1 aromatic carbocycles. The molecule has 0 aromatic heterocycles. The van der Waals surface area contributed by atoms with E-state index in [4.69, 9.17) is 34.8 Å². The van der Waals surface area contributed by atoms with E-state index in [1.54, 1.807) is 0 Å². The highest BCUT2D eigenvalue weighted by Gasteiger charge is 2.30. The molecule has 0 unspecified atom stereocenters. The summed E-state index contributed by atoms with van der Waals surface area (Å²) in [6, 6.07) is 5.66. The minimum absolute atomic E-state index is 0.652. The van der Waals surface area contributed by atoms with Crippen LogP contribution < -0.4 is 5.32 Å². The first kappa shape index (κ1) is 12.6. The molecule has 1 aromatic rings. The van der Waals surface area contributed by atoms with Crippen LogP contribution in [-0.4, -0.2) is 9.70 Å². The predicted octanol–water partition coefficient (Wildman–Crippen LogP) is 3.61. The molecule has 1 N–H and O–H groups in total. The summed E-state index contributed by atoms with van der Waals surface area (Å²) in [5, 5.41) is 2.56. The van der Waals surface area contributed by atoms with Gasteiger partial charge in [0.25, 0.3) is 9.70 Å². The fourth-order valence-corrected chi connectivity index (χ4v) is 1.21. The molecule has 2 nitrogen and oxygen atoms in total. The fourth-order valence-electron chi connectivity index (χ4n) is 1.06. The Kier molecular flexibility index (Phi) is 3.87. The molecule has 0 atom stereocenters. The molecule has 0 saturated heterocycles. The Hall–Kier alpha value is -0.440. The molecule has 0 aliphatic heterocycles. The number of carbonyl (C=O) groups excluding carboxylic acids is 1. The van der Waals surface area contributed by atoms with E-state index in [0.29, 0.717) is 5.69 Å². The topological polar surface area (TPSA) is 29.1 Å². The lowest BCUT2D eigenvalue weighted by Gasteiger charge is -2.13. The summed E-state index contributed by atoms with van der Waals surface area (Å²) in [6.45, 7) is 3.79. The van der Waals surface area contributed by atoms with Crippen LogP contribution in [0.15, 0.2) is 18.2 Å². The molecule has 0 aliphatic carbocycles. The second-order valence-electron chi connectivity index (χ2n) is 3.27. The summed E-state index contributed by atoms with van der Waals surface area (Å²) in [4.78, 5) is 11.4. The van der Waals surface area contributed by atoms with E-state index in [-0.39, 0.29) is 0 Å². The normalized spacial score (nSPS) is 11.3. The Balaban J connectivity index is 2.90. The lowest BCUT2D eigenvalue weighted by molar-refractivity contribution is -0.115. The first-order valence-electron chi connectivity index (χ1n) is 4.26. The van der Waals surface area contributed by atoms with Gasteiger partial charge in [0.1, 0.15) is 0 Å². The highest BCUT2D eigenvalue weighted by molar-refractivity contribution is 6.76. The van der Waals surface area contributed by atoms with Gasteiger partial charge in [-0.1, -0.05) is 46.9 Å². The molecule has 82 valence electrons. The van der Waals surface area contributed by atoms with Crippen molar-refractivity contribution in [3.63, 3.8) is 0 Å². The maximum atomic E-state index is 11.4. The molecule has 1 rings (SSSR count). The number of carbonyl (C=O) groups is 1. The smallest absolute Gasteiger partial charge is 0.276 e. The van der Waals surface area contributed by atoms with Crippen molar-refractivity contribution in [2.75, 3.05) is 5.32 Å². The predicted molar refractivity (Wildman–Crippen MR) is 64.8 cm³/mol. The highest BCUT2D eigenvalue weighted by atomic mass is 35.6. The van der Waals surface area contributed by atoms with Gasteiger partial charge in [0, 0.05) is 5.69 Å². The van der Waals surface area contributed by atoms with E-state index >= 15 is 0 Å². The molecule has 5 heteroatoms. The maximum Gasteiger partial charge on any atom is 0.276 e. The number of amides is 1. The third kappa shape index (κ3) is 3.56. The van der Waals surface area contributed by atoms with Gasteiger partial charge in [-0.25, -0.2) is 0 Å². The number of rotatable bonds is 1. The summed E-state index contributed by atoms with van der Waals surface area (Å²) >= 11 is 16.3. The van der Waals surface area contributed by atoms with Crippen molar-refractivity contribution in [2.24, 2.45) is 0 Å². The Labute approximate surface area is 104 Å². The van der Waals surface area contributed by atoms with Gasteiger partial charge in [0.05, 0.1) is 0 Å². The molecule has 0 spiro atoms. The van der Waals surface area contributed by atoms with Crippen LogP contribution >= 0.6 is 34.8 Å². The zero-order valence-electron chi connectivity index (χ0n) is 8.27. The molecule has 0 radical (unpaired) electrons. The summed E-state index contributed by atoms with van der Waals surface area (Å²) < 4.78 is -1.93. The van der Waals surface area contributed by atoms with E-state index in [1.165, 1.54) is 0 Å². The number of anilines is 1. The van der Waals surface area contributed by atoms with Gasteiger partial charge in [-0.2, -0.15) is 0 Å². The SMILES string of the molecule is Cc1ccc(C)c(NC(=O)C(Cl)(Cl)Cl)c1. The molecule has 0 saturated carbocycles. The molecule has 0 aliphatic rings. The first-order valence-corrected chi connectivity index (χ1v) is 5.39. The minimum atomic E-state index is -1.93. The van der Waals surface area contributed by atoms with Crippen molar-refractivity contribution < 1.29 is 4.79 Å². The summed E-state index contributed by atoms with van der Waals surface area (Å²) in [5.74, 6) is -0.652. The number of nitrogens with one attached hydrogen (secondary N) is 1. The average molecular weight is 267 g/mol. The minimum Gasteiger partial charge on any atom is -0.322 e. The summed E-state index contributed by atoms with van der Waals surface area (Å²) in [6.07, 6.45) is 0. The summed E-state index contributed by atoms with van der Waals surface area (Å²) in [7, 11) is 0. The zero-order chi connectivity index (χ0) is 11.6. The largest absolute Gasteiger partial charge is 0.322 e. The fraction of sp³-hybridized carbons (Fsp3) is 0.300. The summed E-state index contributed by atoms with van der Waals surface area (Å²) in [5.41, 5.74) is 2.61. The molecular weight excluding hydrogens is 256 g/mol. The molecule has 15 heavy (non-hydrogen) atoms. The van der Waals surface area contributed by atoms with Crippen LogP contribution in [-0.2, 0) is 4.79 Å². The van der Waals surface area contributed by atoms with Crippen molar-refractivity contribution in [3.05, 3.63) is 29.3 Å². The van der Waals surface area contributed by atoms with Gasteiger partial charge in [-0.05, 0) is 31.0 Å². The van der Waals surface area contributed by atoms with Crippen molar-refractivity contribution >= 4 is 46.4 Å². The Bertz CT molecular complexity index is 385. The van der Waals surface area contributed by atoms with Crippen LogP contribution in [0.1, 0.15) is 11.1 Å². The second-order valence-corrected chi connectivity index (χ2v) is 5.55. The zero-order valence-corrected chi connectivity index (χ0v) is 10.5. The average Bonchev–Trinajstić information content (AvgIpc) is 2.09. The molecule has 0 fully saturated rings. The van der Waals surface area contributed by atoms with Gasteiger partial charge in [-0.3, -0.25) is 4.79 Å². The Morgan fingerprint density at radius 1 is 1.27 bits per heavy atom.